The Bertz CT molecular complexity index is 479. The van der Waals surface area contributed by atoms with Crippen molar-refractivity contribution in [2.24, 2.45) is 7.05 Å². The first-order valence-corrected chi connectivity index (χ1v) is 6.25. The van der Waals surface area contributed by atoms with Crippen LogP contribution in [0.15, 0.2) is 17.8 Å². The van der Waals surface area contributed by atoms with Crippen LogP contribution in [0.5, 0.6) is 5.75 Å². The summed E-state index contributed by atoms with van der Waals surface area (Å²) in [6, 6.07) is 2.19. The summed E-state index contributed by atoms with van der Waals surface area (Å²) in [5.74, 6) is 1.89. The van der Waals surface area contributed by atoms with Gasteiger partial charge in [0.15, 0.2) is 0 Å². The van der Waals surface area contributed by atoms with Gasteiger partial charge in [-0.2, -0.15) is 5.10 Å². The first kappa shape index (κ1) is 12.1. The highest BCUT2D eigenvalue weighted by atomic mass is 32.1. The van der Waals surface area contributed by atoms with Gasteiger partial charge in [0.25, 0.3) is 0 Å². The Morgan fingerprint density at radius 3 is 3.00 bits per heavy atom. The van der Waals surface area contributed by atoms with Gasteiger partial charge < -0.3 is 10.1 Å². The summed E-state index contributed by atoms with van der Waals surface area (Å²) >= 11 is 1.69. The molecule has 0 aliphatic rings. The van der Waals surface area contributed by atoms with Crippen molar-refractivity contribution in [2.45, 2.75) is 12.5 Å². The predicted molar refractivity (Wildman–Crippen MR) is 67.4 cm³/mol. The van der Waals surface area contributed by atoms with Gasteiger partial charge in [0.2, 0.25) is 0 Å². The van der Waals surface area contributed by atoms with Crippen molar-refractivity contribution in [3.05, 3.63) is 28.5 Å². The van der Waals surface area contributed by atoms with E-state index in [0.717, 1.165) is 18.0 Å². The zero-order chi connectivity index (χ0) is 12.3. The Labute approximate surface area is 104 Å². The highest BCUT2D eigenvalue weighted by Gasteiger charge is 2.18. The van der Waals surface area contributed by atoms with Crippen molar-refractivity contribution < 1.29 is 4.74 Å². The van der Waals surface area contributed by atoms with Gasteiger partial charge in [-0.05, 0) is 18.5 Å². The maximum Gasteiger partial charge on any atom is 0.138 e. The Kier molecular flexibility index (Phi) is 3.75. The lowest BCUT2D eigenvalue weighted by Gasteiger charge is -2.15. The molecule has 0 aromatic carbocycles. The third-order valence-corrected chi connectivity index (χ3v) is 3.75. The number of aromatic nitrogens is 3. The summed E-state index contributed by atoms with van der Waals surface area (Å²) in [4.78, 5) is 5.44. The lowest BCUT2D eigenvalue weighted by atomic mass is 10.1. The van der Waals surface area contributed by atoms with E-state index in [0.29, 0.717) is 0 Å². The Morgan fingerprint density at radius 2 is 2.41 bits per heavy atom. The molecule has 1 atom stereocenters. The molecule has 0 fully saturated rings. The van der Waals surface area contributed by atoms with E-state index in [9.17, 15) is 0 Å². The standard InChI is InChI=1S/C11H16N4OS/c1-12-8(6-10-13-7-14-15(10)2)11-9(16-3)4-5-17-11/h4-5,7-8,12H,6H2,1-3H3. The highest BCUT2D eigenvalue weighted by molar-refractivity contribution is 7.10. The van der Waals surface area contributed by atoms with Crippen LogP contribution in [0.1, 0.15) is 16.7 Å². The van der Waals surface area contributed by atoms with Crippen molar-refractivity contribution in [2.75, 3.05) is 14.2 Å². The van der Waals surface area contributed by atoms with Crippen LogP contribution in [0.4, 0.5) is 0 Å². The highest BCUT2D eigenvalue weighted by Crippen LogP contribution is 2.32. The average molecular weight is 252 g/mol. The molecule has 0 amide bonds. The summed E-state index contributed by atoms with van der Waals surface area (Å²) < 4.78 is 7.14. The van der Waals surface area contributed by atoms with Crippen LogP contribution in [0.3, 0.4) is 0 Å². The van der Waals surface area contributed by atoms with E-state index >= 15 is 0 Å². The lowest BCUT2D eigenvalue weighted by molar-refractivity contribution is 0.404. The fourth-order valence-electron chi connectivity index (χ4n) is 1.75. The third-order valence-electron chi connectivity index (χ3n) is 2.73. The molecular weight excluding hydrogens is 236 g/mol. The molecule has 0 saturated heterocycles. The fourth-order valence-corrected chi connectivity index (χ4v) is 2.72. The van der Waals surface area contributed by atoms with E-state index in [-0.39, 0.29) is 6.04 Å². The second kappa shape index (κ2) is 5.29. The van der Waals surface area contributed by atoms with Crippen LogP contribution in [-0.4, -0.2) is 28.9 Å². The maximum absolute atomic E-state index is 5.35. The minimum Gasteiger partial charge on any atom is -0.496 e. The molecule has 5 nitrogen and oxygen atoms in total. The molecule has 0 aliphatic heterocycles. The van der Waals surface area contributed by atoms with Crippen molar-refractivity contribution in [3.63, 3.8) is 0 Å². The van der Waals surface area contributed by atoms with E-state index in [2.05, 4.69) is 15.4 Å². The van der Waals surface area contributed by atoms with Crippen LogP contribution < -0.4 is 10.1 Å². The molecule has 0 spiro atoms. The number of nitrogens with one attached hydrogen (secondary N) is 1. The molecule has 2 heterocycles. The quantitative estimate of drug-likeness (QED) is 0.873. The molecule has 17 heavy (non-hydrogen) atoms. The third kappa shape index (κ3) is 2.48. The SMILES string of the molecule is CNC(Cc1ncnn1C)c1sccc1OC. The van der Waals surface area contributed by atoms with Gasteiger partial charge in [0, 0.05) is 13.5 Å². The van der Waals surface area contributed by atoms with Crippen LogP contribution in [0, 0.1) is 0 Å². The van der Waals surface area contributed by atoms with Gasteiger partial charge in [0.1, 0.15) is 17.9 Å². The molecule has 1 N–H and O–H groups in total. The summed E-state index contributed by atoms with van der Waals surface area (Å²) in [7, 11) is 5.54. The number of thiophene rings is 1. The smallest absolute Gasteiger partial charge is 0.138 e. The van der Waals surface area contributed by atoms with E-state index in [1.165, 1.54) is 4.88 Å². The zero-order valence-corrected chi connectivity index (χ0v) is 11.0. The number of ether oxygens (including phenoxy) is 1. The zero-order valence-electron chi connectivity index (χ0n) is 10.2. The Balaban J connectivity index is 2.20. The van der Waals surface area contributed by atoms with E-state index in [4.69, 9.17) is 4.74 Å². The first-order valence-electron chi connectivity index (χ1n) is 5.37. The number of hydrogen-bond donors (Lipinski definition) is 1. The maximum atomic E-state index is 5.35. The van der Waals surface area contributed by atoms with Gasteiger partial charge >= 0.3 is 0 Å². The summed E-state index contributed by atoms with van der Waals surface area (Å²) in [5, 5.41) is 9.41. The lowest BCUT2D eigenvalue weighted by Crippen LogP contribution is -2.20. The Morgan fingerprint density at radius 1 is 1.59 bits per heavy atom. The number of nitrogens with zero attached hydrogens (tertiary/aromatic N) is 3. The van der Waals surface area contributed by atoms with E-state index in [1.807, 2.05) is 25.5 Å². The molecular formula is C11H16N4OS. The molecule has 2 rings (SSSR count). The van der Waals surface area contributed by atoms with Crippen molar-refractivity contribution >= 4 is 11.3 Å². The molecule has 0 aliphatic carbocycles. The predicted octanol–water partition coefficient (Wildman–Crippen LogP) is 1.39. The second-order valence-corrected chi connectivity index (χ2v) is 4.65. The number of rotatable bonds is 5. The van der Waals surface area contributed by atoms with Crippen molar-refractivity contribution in [3.8, 4) is 5.75 Å². The number of likely N-dealkylation sites (N-methyl/N-ethyl adjacent to an activating group) is 1. The van der Waals surface area contributed by atoms with Crippen molar-refractivity contribution in [1.82, 2.24) is 20.1 Å². The summed E-state index contributed by atoms with van der Waals surface area (Å²) in [6.45, 7) is 0. The van der Waals surface area contributed by atoms with Crippen LogP contribution in [-0.2, 0) is 13.5 Å². The normalized spacial score (nSPS) is 12.6. The minimum atomic E-state index is 0.202. The van der Waals surface area contributed by atoms with Gasteiger partial charge in [-0.3, -0.25) is 4.68 Å². The van der Waals surface area contributed by atoms with Crippen molar-refractivity contribution in [1.29, 1.82) is 0 Å². The molecule has 92 valence electrons. The van der Waals surface area contributed by atoms with E-state index < -0.39 is 0 Å². The molecule has 0 saturated carbocycles. The molecule has 2 aromatic heterocycles. The largest absolute Gasteiger partial charge is 0.496 e. The molecule has 2 aromatic rings. The van der Waals surface area contributed by atoms with E-state index in [1.54, 1.807) is 29.5 Å². The fraction of sp³-hybridized carbons (Fsp3) is 0.455. The number of aryl methyl sites for hydroxylation is 1. The number of hydrogen-bond acceptors (Lipinski definition) is 5. The van der Waals surface area contributed by atoms with Crippen LogP contribution in [0.25, 0.3) is 0 Å². The van der Waals surface area contributed by atoms with Gasteiger partial charge in [-0.15, -0.1) is 11.3 Å². The Hall–Kier alpha value is -1.40. The topological polar surface area (TPSA) is 52.0 Å². The molecule has 1 unspecified atom stereocenters. The second-order valence-electron chi connectivity index (χ2n) is 3.70. The monoisotopic (exact) mass is 252 g/mol. The van der Waals surface area contributed by atoms with Crippen LogP contribution in [0.2, 0.25) is 0 Å². The minimum absolute atomic E-state index is 0.202. The molecule has 0 bridgehead atoms. The number of methoxy groups -OCH3 is 1. The summed E-state index contributed by atoms with van der Waals surface area (Å²) in [6.07, 6.45) is 2.37. The van der Waals surface area contributed by atoms with Gasteiger partial charge in [0.05, 0.1) is 18.0 Å². The summed E-state index contributed by atoms with van der Waals surface area (Å²) in [5.41, 5.74) is 0. The van der Waals surface area contributed by atoms with Gasteiger partial charge in [-0.1, -0.05) is 0 Å². The van der Waals surface area contributed by atoms with Crippen LogP contribution >= 0.6 is 11.3 Å². The van der Waals surface area contributed by atoms with Gasteiger partial charge in [-0.25, -0.2) is 4.98 Å². The first-order chi connectivity index (χ1) is 8.26. The molecule has 0 radical (unpaired) electrons. The average Bonchev–Trinajstić information content (AvgIpc) is 2.95. The molecule has 6 heteroatoms.